The molecule has 0 radical (unpaired) electrons. The summed E-state index contributed by atoms with van der Waals surface area (Å²) < 4.78 is 33.6. The van der Waals surface area contributed by atoms with E-state index in [2.05, 4.69) is 6.92 Å². The molecule has 0 saturated heterocycles. The highest BCUT2D eigenvalue weighted by Gasteiger charge is 2.27. The summed E-state index contributed by atoms with van der Waals surface area (Å²) in [6.45, 7) is 4.21. The van der Waals surface area contributed by atoms with Gasteiger partial charge in [0, 0.05) is 12.8 Å². The van der Waals surface area contributed by atoms with Crippen LogP contribution in [0.5, 0.6) is 0 Å². The number of carbonyl (C=O) groups excluding carboxylic acids is 2. The van der Waals surface area contributed by atoms with Crippen molar-refractivity contribution in [2.45, 2.75) is 129 Å². The topological polar surface area (TPSA) is 108 Å². The van der Waals surface area contributed by atoms with Crippen molar-refractivity contribution in [3.63, 3.8) is 0 Å². The van der Waals surface area contributed by atoms with Crippen LogP contribution >= 0.6 is 7.82 Å². The lowest BCUT2D eigenvalue weighted by molar-refractivity contribution is -0.870. The second-order valence-electron chi connectivity index (χ2n) is 11.5. The van der Waals surface area contributed by atoms with Crippen LogP contribution in [0.2, 0.25) is 0 Å². The fourth-order valence-corrected chi connectivity index (χ4v) is 4.63. The van der Waals surface area contributed by atoms with Crippen molar-refractivity contribution in [2.24, 2.45) is 0 Å². The van der Waals surface area contributed by atoms with Crippen LogP contribution in [0, 0.1) is 0 Å². The molecule has 1 N–H and O–H groups in total. The highest BCUT2D eigenvalue weighted by atomic mass is 31.2. The summed E-state index contributed by atoms with van der Waals surface area (Å²) >= 11 is 0. The molecule has 0 aliphatic rings. The van der Waals surface area contributed by atoms with Gasteiger partial charge in [0.05, 0.1) is 27.7 Å². The zero-order chi connectivity index (χ0) is 29.4. The van der Waals surface area contributed by atoms with Crippen LogP contribution in [-0.2, 0) is 32.7 Å². The minimum Gasteiger partial charge on any atom is -0.462 e. The van der Waals surface area contributed by atoms with Gasteiger partial charge in [-0.05, 0) is 12.8 Å². The molecule has 0 heterocycles. The van der Waals surface area contributed by atoms with Gasteiger partial charge >= 0.3 is 19.8 Å². The molecule has 2 atom stereocenters. The minimum atomic E-state index is -4.34. The molecule has 10 heteroatoms. The number of hydrogen-bond donors (Lipinski definition) is 1. The number of phosphoric ester groups is 1. The number of nitrogens with zero attached hydrogens (tertiary/aromatic N) is 1. The van der Waals surface area contributed by atoms with Crippen molar-refractivity contribution in [3.05, 3.63) is 0 Å². The van der Waals surface area contributed by atoms with Crippen molar-refractivity contribution in [2.75, 3.05) is 47.5 Å². The molecule has 2 unspecified atom stereocenters. The fraction of sp³-hybridized carbons (Fsp3) is 0.931. The van der Waals surface area contributed by atoms with Gasteiger partial charge in [-0.25, -0.2) is 4.57 Å². The van der Waals surface area contributed by atoms with Gasteiger partial charge in [0.2, 0.25) is 0 Å². The van der Waals surface area contributed by atoms with E-state index < -0.39 is 32.5 Å². The Morgan fingerprint density at radius 2 is 1.15 bits per heavy atom. The number of ether oxygens (including phenoxy) is 2. The third kappa shape index (κ3) is 27.0. The third-order valence-corrected chi connectivity index (χ3v) is 7.37. The monoisotopic (exact) mass is 580 g/mol. The fourth-order valence-electron chi connectivity index (χ4n) is 3.89. The van der Waals surface area contributed by atoms with Crippen molar-refractivity contribution < 1.29 is 42.1 Å². The van der Waals surface area contributed by atoms with Crippen LogP contribution in [0.3, 0.4) is 0 Å². The molecule has 0 fully saturated rings. The average Bonchev–Trinajstić information content (AvgIpc) is 2.85. The summed E-state index contributed by atoms with van der Waals surface area (Å²) in [5, 5.41) is 0. The van der Waals surface area contributed by atoms with E-state index in [0.29, 0.717) is 17.4 Å². The van der Waals surface area contributed by atoms with Crippen molar-refractivity contribution in [1.29, 1.82) is 0 Å². The molecular formula is C29H59NO8P+. The van der Waals surface area contributed by atoms with Crippen LogP contribution in [-0.4, -0.2) is 74.9 Å². The zero-order valence-electron chi connectivity index (χ0n) is 25.6. The highest BCUT2D eigenvalue weighted by Crippen LogP contribution is 2.43. The Morgan fingerprint density at radius 3 is 1.69 bits per heavy atom. The number of hydrogen-bond acceptors (Lipinski definition) is 7. The average molecular weight is 581 g/mol. The van der Waals surface area contributed by atoms with E-state index in [1.807, 2.05) is 28.1 Å². The first-order chi connectivity index (χ1) is 18.5. The van der Waals surface area contributed by atoms with Crippen LogP contribution in [0.4, 0.5) is 0 Å². The largest absolute Gasteiger partial charge is 0.472 e. The number of esters is 2. The molecule has 0 aliphatic heterocycles. The first-order valence-electron chi connectivity index (χ1n) is 15.3. The SMILES string of the molecule is CCCCCCCCCCCCCCC(=O)OC(COC(=O)CCCCC)COP(=O)(O)OCC[N+](C)(C)C. The summed E-state index contributed by atoms with van der Waals surface area (Å²) in [4.78, 5) is 34.4. The lowest BCUT2D eigenvalue weighted by atomic mass is 10.0. The predicted molar refractivity (Wildman–Crippen MR) is 155 cm³/mol. The van der Waals surface area contributed by atoms with Gasteiger partial charge in [0.15, 0.2) is 6.10 Å². The van der Waals surface area contributed by atoms with Gasteiger partial charge < -0.3 is 18.9 Å². The Hall–Kier alpha value is -0.990. The standard InChI is InChI=1S/C29H58NO8P/c1-6-8-10-11-12-13-14-15-16-17-18-20-22-29(32)38-27(25-35-28(31)21-19-9-7-2)26-37-39(33,34)36-24-23-30(3,4)5/h27H,6-26H2,1-5H3/p+1. The summed E-state index contributed by atoms with van der Waals surface area (Å²) in [6, 6.07) is 0. The highest BCUT2D eigenvalue weighted by molar-refractivity contribution is 7.47. The normalized spacial score (nSPS) is 14.1. The van der Waals surface area contributed by atoms with E-state index in [-0.39, 0.29) is 26.1 Å². The molecule has 0 aliphatic carbocycles. The molecule has 0 spiro atoms. The summed E-state index contributed by atoms with van der Waals surface area (Å²) in [5.41, 5.74) is 0. The van der Waals surface area contributed by atoms with Crippen molar-refractivity contribution >= 4 is 19.8 Å². The molecule has 9 nitrogen and oxygen atoms in total. The maximum absolute atomic E-state index is 12.4. The van der Waals surface area contributed by atoms with Gasteiger partial charge in [-0.15, -0.1) is 0 Å². The smallest absolute Gasteiger partial charge is 0.462 e. The predicted octanol–water partition coefficient (Wildman–Crippen LogP) is 6.95. The number of rotatable bonds is 27. The molecule has 0 amide bonds. The molecule has 0 aromatic carbocycles. The van der Waals surface area contributed by atoms with Crippen molar-refractivity contribution in [3.8, 4) is 0 Å². The van der Waals surface area contributed by atoms with Crippen LogP contribution in [0.25, 0.3) is 0 Å². The van der Waals surface area contributed by atoms with E-state index >= 15 is 0 Å². The Kier molecular flexibility index (Phi) is 23.1. The van der Waals surface area contributed by atoms with E-state index in [1.54, 1.807) is 0 Å². The van der Waals surface area contributed by atoms with E-state index in [1.165, 1.54) is 57.8 Å². The van der Waals surface area contributed by atoms with Crippen molar-refractivity contribution in [1.82, 2.24) is 0 Å². The first-order valence-corrected chi connectivity index (χ1v) is 16.8. The van der Waals surface area contributed by atoms with E-state index in [4.69, 9.17) is 18.5 Å². The molecule has 232 valence electrons. The molecule has 0 aromatic heterocycles. The number of likely N-dealkylation sites (N-methyl/N-ethyl adjacent to an activating group) is 1. The minimum absolute atomic E-state index is 0.0348. The van der Waals surface area contributed by atoms with Gasteiger partial charge in [-0.2, -0.15) is 0 Å². The number of quaternary nitrogens is 1. The second-order valence-corrected chi connectivity index (χ2v) is 13.0. The maximum atomic E-state index is 12.4. The number of unbranched alkanes of at least 4 members (excludes halogenated alkanes) is 13. The van der Waals surface area contributed by atoms with E-state index in [9.17, 15) is 19.0 Å². The Morgan fingerprint density at radius 1 is 0.692 bits per heavy atom. The molecule has 0 bridgehead atoms. The molecular weight excluding hydrogens is 521 g/mol. The van der Waals surface area contributed by atoms with Gasteiger partial charge in [-0.1, -0.05) is 97.3 Å². The third-order valence-electron chi connectivity index (χ3n) is 6.39. The van der Waals surface area contributed by atoms with Crippen LogP contribution in [0.15, 0.2) is 0 Å². The molecule has 0 saturated carbocycles. The quantitative estimate of drug-likeness (QED) is 0.0481. The number of phosphoric acid groups is 1. The maximum Gasteiger partial charge on any atom is 0.472 e. The van der Waals surface area contributed by atoms with Crippen LogP contribution in [0.1, 0.15) is 123 Å². The summed E-state index contributed by atoms with van der Waals surface area (Å²) in [6.07, 6.45) is 16.6. The summed E-state index contributed by atoms with van der Waals surface area (Å²) in [7, 11) is 1.48. The lowest BCUT2D eigenvalue weighted by Gasteiger charge is -2.24. The first kappa shape index (κ1) is 38.0. The Labute approximate surface area is 238 Å². The Balaban J connectivity index is 4.39. The van der Waals surface area contributed by atoms with Gasteiger partial charge in [0.25, 0.3) is 0 Å². The van der Waals surface area contributed by atoms with Gasteiger partial charge in [0.1, 0.15) is 19.8 Å². The Bertz CT molecular complexity index is 668. The lowest BCUT2D eigenvalue weighted by Crippen LogP contribution is -2.37. The van der Waals surface area contributed by atoms with Crippen LogP contribution < -0.4 is 0 Å². The number of carbonyl (C=O) groups is 2. The van der Waals surface area contributed by atoms with E-state index in [0.717, 1.165) is 32.1 Å². The van der Waals surface area contributed by atoms with Gasteiger partial charge in [-0.3, -0.25) is 18.6 Å². The zero-order valence-corrected chi connectivity index (χ0v) is 26.5. The molecule has 39 heavy (non-hydrogen) atoms. The summed E-state index contributed by atoms with van der Waals surface area (Å²) in [5.74, 6) is -0.826. The second kappa shape index (κ2) is 23.7. The molecule has 0 aromatic rings. The molecule has 0 rings (SSSR count).